The van der Waals surface area contributed by atoms with E-state index in [4.69, 9.17) is 12.2 Å². The molecule has 1 aromatic heterocycles. The summed E-state index contributed by atoms with van der Waals surface area (Å²) in [6.45, 7) is 7.07. The molecule has 2 fully saturated rings. The molecule has 172 valence electrons. The molecule has 2 amide bonds. The van der Waals surface area contributed by atoms with Crippen LogP contribution in [0.3, 0.4) is 0 Å². The van der Waals surface area contributed by atoms with E-state index in [1.165, 1.54) is 12.8 Å². The molecule has 0 saturated carbocycles. The zero-order chi connectivity index (χ0) is 22.5. The predicted molar refractivity (Wildman–Crippen MR) is 126 cm³/mol. The lowest BCUT2D eigenvalue weighted by atomic mass is 10.1. The Hall–Kier alpha value is -2.52. The van der Waals surface area contributed by atoms with Crippen LogP contribution in [0.25, 0.3) is 11.4 Å². The molecule has 2 aliphatic heterocycles. The summed E-state index contributed by atoms with van der Waals surface area (Å²) in [5, 5.41) is 7.17. The van der Waals surface area contributed by atoms with Gasteiger partial charge in [-0.2, -0.15) is 5.10 Å². The zero-order valence-electron chi connectivity index (χ0n) is 18.8. The molecule has 0 radical (unpaired) electrons. The Morgan fingerprint density at radius 2 is 1.59 bits per heavy atom. The zero-order valence-corrected chi connectivity index (χ0v) is 19.6. The van der Waals surface area contributed by atoms with Crippen molar-refractivity contribution in [2.24, 2.45) is 0 Å². The molecule has 4 rings (SSSR count). The number of benzene rings is 1. The maximum atomic E-state index is 13.0. The van der Waals surface area contributed by atoms with Crippen LogP contribution in [-0.4, -0.2) is 87.1 Å². The van der Waals surface area contributed by atoms with E-state index in [-0.39, 0.29) is 18.4 Å². The lowest BCUT2D eigenvalue weighted by molar-refractivity contribution is -0.135. The summed E-state index contributed by atoms with van der Waals surface area (Å²) < 4.78 is 2.21. The van der Waals surface area contributed by atoms with Crippen LogP contribution in [0.15, 0.2) is 24.3 Å². The van der Waals surface area contributed by atoms with Gasteiger partial charge in [-0.1, -0.05) is 36.6 Å². The van der Waals surface area contributed by atoms with Gasteiger partial charge in [-0.3, -0.25) is 24.2 Å². The van der Waals surface area contributed by atoms with Gasteiger partial charge in [-0.15, -0.1) is 0 Å². The SMILES string of the molecule is Cc1cccc(-c2n[nH]c(=S)n2CC(=O)N2CCN(CC(=O)N3CCCCCC3)CC2)c1. The van der Waals surface area contributed by atoms with E-state index in [2.05, 4.69) is 15.1 Å². The topological polar surface area (TPSA) is 77.5 Å². The fraction of sp³-hybridized carbons (Fsp3) is 0.565. The molecular formula is C23H32N6O2S. The van der Waals surface area contributed by atoms with Gasteiger partial charge in [-0.05, 0) is 38.0 Å². The number of carbonyl (C=O) groups excluding carboxylic acids is 2. The second kappa shape index (κ2) is 10.4. The summed E-state index contributed by atoms with van der Waals surface area (Å²) in [6.07, 6.45) is 4.65. The Morgan fingerprint density at radius 3 is 2.28 bits per heavy atom. The van der Waals surface area contributed by atoms with Gasteiger partial charge in [0.25, 0.3) is 0 Å². The standard InChI is InChI=1S/C23H32N6O2S/c1-18-7-6-8-19(15-18)22-24-25-23(32)29(22)17-21(31)28-13-11-26(12-14-28)16-20(30)27-9-4-2-3-5-10-27/h6-8,15H,2-5,9-14,16-17H2,1H3,(H,25,32). The summed E-state index contributed by atoms with van der Waals surface area (Å²) in [6, 6.07) is 8.00. The van der Waals surface area contributed by atoms with Crippen molar-refractivity contribution < 1.29 is 9.59 Å². The molecule has 2 saturated heterocycles. The predicted octanol–water partition coefficient (Wildman–Crippen LogP) is 2.46. The molecule has 2 aromatic rings. The van der Waals surface area contributed by atoms with Crippen LogP contribution in [0.2, 0.25) is 0 Å². The highest BCUT2D eigenvalue weighted by Gasteiger charge is 2.25. The third-order valence-corrected chi connectivity index (χ3v) is 6.68. The van der Waals surface area contributed by atoms with Gasteiger partial charge in [0, 0.05) is 44.8 Å². The minimum atomic E-state index is 0.0231. The maximum Gasteiger partial charge on any atom is 0.242 e. The molecule has 3 heterocycles. The molecule has 0 atom stereocenters. The number of piperazine rings is 1. The van der Waals surface area contributed by atoms with E-state index >= 15 is 0 Å². The third kappa shape index (κ3) is 5.45. The van der Waals surface area contributed by atoms with Gasteiger partial charge in [0.2, 0.25) is 11.8 Å². The van der Waals surface area contributed by atoms with Gasteiger partial charge in [0.05, 0.1) is 6.54 Å². The van der Waals surface area contributed by atoms with Crippen molar-refractivity contribution >= 4 is 24.0 Å². The molecule has 0 bridgehead atoms. The van der Waals surface area contributed by atoms with Crippen molar-refractivity contribution in [2.75, 3.05) is 45.8 Å². The summed E-state index contributed by atoms with van der Waals surface area (Å²) in [4.78, 5) is 31.7. The Bertz CT molecular complexity index is 1000. The minimum absolute atomic E-state index is 0.0231. The molecule has 1 N–H and O–H groups in total. The monoisotopic (exact) mass is 456 g/mol. The van der Waals surface area contributed by atoms with Gasteiger partial charge in [0.15, 0.2) is 10.6 Å². The number of amides is 2. The van der Waals surface area contributed by atoms with Crippen LogP contribution in [0.1, 0.15) is 31.2 Å². The van der Waals surface area contributed by atoms with Crippen molar-refractivity contribution in [2.45, 2.75) is 39.2 Å². The molecular weight excluding hydrogens is 424 g/mol. The van der Waals surface area contributed by atoms with Crippen LogP contribution in [0.4, 0.5) is 0 Å². The first kappa shape index (κ1) is 22.7. The van der Waals surface area contributed by atoms with Crippen LogP contribution >= 0.6 is 12.2 Å². The van der Waals surface area contributed by atoms with Gasteiger partial charge >= 0.3 is 0 Å². The Balaban J connectivity index is 1.32. The first-order valence-corrected chi connectivity index (χ1v) is 11.9. The average molecular weight is 457 g/mol. The number of carbonyl (C=O) groups is 2. The Morgan fingerprint density at radius 1 is 0.938 bits per heavy atom. The molecule has 9 heteroatoms. The number of rotatable bonds is 5. The van der Waals surface area contributed by atoms with E-state index in [9.17, 15) is 9.59 Å². The van der Waals surface area contributed by atoms with E-state index in [0.29, 0.717) is 43.3 Å². The number of hydrogen-bond acceptors (Lipinski definition) is 5. The summed E-state index contributed by atoms with van der Waals surface area (Å²) >= 11 is 5.39. The van der Waals surface area contributed by atoms with Crippen molar-refractivity contribution in [3.63, 3.8) is 0 Å². The number of aryl methyl sites for hydroxylation is 1. The van der Waals surface area contributed by atoms with Crippen LogP contribution in [-0.2, 0) is 16.1 Å². The van der Waals surface area contributed by atoms with Crippen LogP contribution < -0.4 is 0 Å². The van der Waals surface area contributed by atoms with Crippen molar-refractivity contribution in [3.05, 3.63) is 34.6 Å². The highest BCUT2D eigenvalue weighted by molar-refractivity contribution is 7.71. The number of likely N-dealkylation sites (tertiary alicyclic amines) is 1. The fourth-order valence-corrected chi connectivity index (χ4v) is 4.67. The molecule has 1 aromatic carbocycles. The largest absolute Gasteiger partial charge is 0.342 e. The molecule has 8 nitrogen and oxygen atoms in total. The number of H-pyrrole nitrogens is 1. The van der Waals surface area contributed by atoms with Crippen LogP contribution in [0.5, 0.6) is 0 Å². The lowest BCUT2D eigenvalue weighted by Gasteiger charge is -2.35. The van der Waals surface area contributed by atoms with Crippen molar-refractivity contribution in [1.82, 2.24) is 29.5 Å². The van der Waals surface area contributed by atoms with Gasteiger partial charge in [0.1, 0.15) is 6.54 Å². The third-order valence-electron chi connectivity index (χ3n) is 6.37. The number of aromatic amines is 1. The lowest BCUT2D eigenvalue weighted by Crippen LogP contribution is -2.52. The number of hydrogen-bond donors (Lipinski definition) is 1. The molecule has 0 unspecified atom stereocenters. The first-order valence-electron chi connectivity index (χ1n) is 11.5. The van der Waals surface area contributed by atoms with E-state index in [1.807, 2.05) is 41.0 Å². The molecule has 32 heavy (non-hydrogen) atoms. The normalized spacial score (nSPS) is 17.9. The second-order valence-electron chi connectivity index (χ2n) is 8.76. The quantitative estimate of drug-likeness (QED) is 0.700. The van der Waals surface area contributed by atoms with E-state index < -0.39 is 0 Å². The summed E-state index contributed by atoms with van der Waals surface area (Å²) in [5.41, 5.74) is 2.06. The highest BCUT2D eigenvalue weighted by Crippen LogP contribution is 2.19. The number of nitrogens with zero attached hydrogens (tertiary/aromatic N) is 5. The number of aromatic nitrogens is 3. The fourth-order valence-electron chi connectivity index (χ4n) is 4.47. The van der Waals surface area contributed by atoms with Gasteiger partial charge in [-0.25, -0.2) is 0 Å². The van der Waals surface area contributed by atoms with Crippen LogP contribution in [0, 0.1) is 11.7 Å². The molecule has 0 spiro atoms. The maximum absolute atomic E-state index is 13.0. The Kier molecular flexibility index (Phi) is 7.36. The highest BCUT2D eigenvalue weighted by atomic mass is 32.1. The number of nitrogens with one attached hydrogen (secondary N) is 1. The smallest absolute Gasteiger partial charge is 0.242 e. The van der Waals surface area contributed by atoms with E-state index in [0.717, 1.165) is 37.1 Å². The summed E-state index contributed by atoms with van der Waals surface area (Å²) in [5.74, 6) is 0.919. The second-order valence-corrected chi connectivity index (χ2v) is 9.15. The minimum Gasteiger partial charge on any atom is -0.342 e. The van der Waals surface area contributed by atoms with Gasteiger partial charge < -0.3 is 9.80 Å². The Labute approximate surface area is 194 Å². The first-order chi connectivity index (χ1) is 15.5. The van der Waals surface area contributed by atoms with Crippen molar-refractivity contribution in [1.29, 1.82) is 0 Å². The van der Waals surface area contributed by atoms with Crippen molar-refractivity contribution in [3.8, 4) is 11.4 Å². The van der Waals surface area contributed by atoms with E-state index in [1.54, 1.807) is 4.57 Å². The molecule has 0 aliphatic carbocycles. The summed E-state index contributed by atoms with van der Waals surface area (Å²) in [7, 11) is 0. The average Bonchev–Trinajstić information content (AvgIpc) is 2.98. The molecule has 2 aliphatic rings.